The van der Waals surface area contributed by atoms with E-state index in [1.807, 2.05) is 24.3 Å². The van der Waals surface area contributed by atoms with Crippen LogP contribution >= 0.6 is 0 Å². The van der Waals surface area contributed by atoms with E-state index in [0.717, 1.165) is 12.0 Å². The number of carbonyl (C=O) groups is 2. The number of nitrogens with one attached hydrogen (secondary N) is 1. The Labute approximate surface area is 157 Å². The van der Waals surface area contributed by atoms with Gasteiger partial charge in [-0.1, -0.05) is 31.2 Å². The van der Waals surface area contributed by atoms with Crippen LogP contribution in [0.15, 0.2) is 64.6 Å². The number of ether oxygens (including phenoxy) is 1. The maximum Gasteiger partial charge on any atom is 0.345 e. The minimum absolute atomic E-state index is 0.132. The normalized spacial score (nSPS) is 18.6. The number of hydrogen-bond donors (Lipinski definition) is 1. The number of benzene rings is 1. The first-order chi connectivity index (χ1) is 13.0. The van der Waals surface area contributed by atoms with Crippen LogP contribution in [-0.2, 0) is 27.3 Å². The third-order valence-corrected chi connectivity index (χ3v) is 4.48. The zero-order chi connectivity index (χ0) is 19.4. The quantitative estimate of drug-likeness (QED) is 0.619. The average molecular weight is 368 g/mol. The van der Waals surface area contributed by atoms with Crippen molar-refractivity contribution in [1.82, 2.24) is 5.32 Å². The Morgan fingerprint density at radius 1 is 1.19 bits per heavy atom. The summed E-state index contributed by atoms with van der Waals surface area (Å²) in [6.07, 6.45) is 4.99. The first kappa shape index (κ1) is 18.8. The molecule has 1 aliphatic carbocycles. The van der Waals surface area contributed by atoms with Crippen molar-refractivity contribution in [2.24, 2.45) is 10.9 Å². The standard InChI is InChI=1S/C21H21FN2O3/c1-3-13-5-7-14(8-6-13)12-23-19-16-11-15(22)9-10-17(16)24-20(25)18(19)21(26)27-4-2/h5-11,16,23H,3-4,12H2,1-2H3. The molecule has 1 atom stereocenters. The van der Waals surface area contributed by atoms with Gasteiger partial charge in [-0.15, -0.1) is 0 Å². The number of allylic oxidation sites excluding steroid dienone is 4. The van der Waals surface area contributed by atoms with Gasteiger partial charge in [0.2, 0.25) is 0 Å². The predicted octanol–water partition coefficient (Wildman–Crippen LogP) is 3.18. The minimum atomic E-state index is -0.752. The maximum atomic E-state index is 13.8. The number of halogens is 1. The summed E-state index contributed by atoms with van der Waals surface area (Å²) in [5.41, 5.74) is 2.75. The van der Waals surface area contributed by atoms with Gasteiger partial charge in [-0.2, -0.15) is 0 Å². The number of rotatable bonds is 6. The Hall–Kier alpha value is -3.02. The Kier molecular flexibility index (Phi) is 5.64. The first-order valence-corrected chi connectivity index (χ1v) is 8.94. The zero-order valence-corrected chi connectivity index (χ0v) is 15.3. The molecule has 3 rings (SSSR count). The summed E-state index contributed by atoms with van der Waals surface area (Å²) < 4.78 is 18.8. The van der Waals surface area contributed by atoms with E-state index in [1.165, 1.54) is 23.8 Å². The van der Waals surface area contributed by atoms with Gasteiger partial charge < -0.3 is 10.1 Å². The number of aryl methyl sites for hydroxylation is 1. The van der Waals surface area contributed by atoms with Crippen LogP contribution in [0.1, 0.15) is 25.0 Å². The van der Waals surface area contributed by atoms with E-state index in [-0.39, 0.29) is 12.2 Å². The zero-order valence-electron chi connectivity index (χ0n) is 15.3. The molecule has 1 amide bonds. The van der Waals surface area contributed by atoms with E-state index >= 15 is 0 Å². The summed E-state index contributed by atoms with van der Waals surface area (Å²) >= 11 is 0. The van der Waals surface area contributed by atoms with Crippen molar-refractivity contribution in [2.45, 2.75) is 26.8 Å². The first-order valence-electron chi connectivity index (χ1n) is 8.94. The van der Waals surface area contributed by atoms with E-state index in [4.69, 9.17) is 4.74 Å². The maximum absolute atomic E-state index is 13.8. The summed E-state index contributed by atoms with van der Waals surface area (Å²) in [5.74, 6) is -2.49. The molecule has 1 N–H and O–H groups in total. The van der Waals surface area contributed by atoms with Gasteiger partial charge in [-0.3, -0.25) is 4.79 Å². The van der Waals surface area contributed by atoms with E-state index in [2.05, 4.69) is 17.2 Å². The molecule has 0 saturated carbocycles. The Morgan fingerprint density at radius 3 is 2.56 bits per heavy atom. The lowest BCUT2D eigenvalue weighted by Crippen LogP contribution is -2.35. The molecule has 0 radical (unpaired) electrons. The molecule has 2 aliphatic rings. The van der Waals surface area contributed by atoms with E-state index in [0.29, 0.717) is 18.0 Å². The van der Waals surface area contributed by atoms with Crippen LogP contribution in [0.5, 0.6) is 0 Å². The van der Waals surface area contributed by atoms with E-state index in [1.54, 1.807) is 6.92 Å². The van der Waals surface area contributed by atoms with Gasteiger partial charge in [-0.25, -0.2) is 14.2 Å². The number of aliphatic imine (C=N–C) groups is 1. The van der Waals surface area contributed by atoms with Crippen molar-refractivity contribution in [1.29, 1.82) is 0 Å². The molecule has 6 heteroatoms. The third kappa shape index (κ3) is 4.05. The van der Waals surface area contributed by atoms with Gasteiger partial charge in [0.25, 0.3) is 5.91 Å². The van der Waals surface area contributed by atoms with Crippen LogP contribution in [0.4, 0.5) is 4.39 Å². The van der Waals surface area contributed by atoms with Gasteiger partial charge in [-0.05, 0) is 42.7 Å². The number of fused-ring (bicyclic) bond motifs is 1. The highest BCUT2D eigenvalue weighted by Gasteiger charge is 2.35. The molecule has 0 bridgehead atoms. The number of hydrogen-bond acceptors (Lipinski definition) is 4. The van der Waals surface area contributed by atoms with Crippen LogP contribution in [0.2, 0.25) is 0 Å². The Morgan fingerprint density at radius 2 is 1.89 bits per heavy atom. The molecule has 0 fully saturated rings. The lowest BCUT2D eigenvalue weighted by molar-refractivity contribution is -0.140. The van der Waals surface area contributed by atoms with E-state index in [9.17, 15) is 14.0 Å². The molecule has 1 aromatic rings. The lowest BCUT2D eigenvalue weighted by atomic mass is 9.88. The molecule has 1 heterocycles. The van der Waals surface area contributed by atoms with Crippen molar-refractivity contribution in [3.05, 3.63) is 70.7 Å². The lowest BCUT2D eigenvalue weighted by Gasteiger charge is -2.26. The largest absolute Gasteiger partial charge is 0.462 e. The van der Waals surface area contributed by atoms with Crippen LogP contribution in [0.3, 0.4) is 0 Å². The fraction of sp³-hybridized carbons (Fsp3) is 0.286. The summed E-state index contributed by atoms with van der Waals surface area (Å²) in [5, 5.41) is 3.15. The number of amides is 1. The van der Waals surface area contributed by atoms with Crippen molar-refractivity contribution in [3.8, 4) is 0 Å². The average Bonchev–Trinajstić information content (AvgIpc) is 2.66. The summed E-state index contributed by atoms with van der Waals surface area (Å²) in [6, 6.07) is 8.01. The van der Waals surface area contributed by atoms with Crippen LogP contribution in [0, 0.1) is 5.92 Å². The topological polar surface area (TPSA) is 67.8 Å². The minimum Gasteiger partial charge on any atom is -0.462 e. The smallest absolute Gasteiger partial charge is 0.345 e. The molecule has 0 saturated heterocycles. The van der Waals surface area contributed by atoms with Crippen molar-refractivity contribution in [3.63, 3.8) is 0 Å². The molecule has 140 valence electrons. The van der Waals surface area contributed by atoms with Crippen molar-refractivity contribution < 1.29 is 18.7 Å². The molecular formula is C21H21FN2O3. The number of carbonyl (C=O) groups excluding carboxylic acids is 2. The number of esters is 1. The highest BCUT2D eigenvalue weighted by atomic mass is 19.1. The molecule has 27 heavy (non-hydrogen) atoms. The Bertz CT molecular complexity index is 879. The van der Waals surface area contributed by atoms with Crippen molar-refractivity contribution in [2.75, 3.05) is 6.61 Å². The molecule has 0 spiro atoms. The second-order valence-corrected chi connectivity index (χ2v) is 6.24. The molecule has 1 aromatic carbocycles. The predicted molar refractivity (Wildman–Crippen MR) is 101 cm³/mol. The highest BCUT2D eigenvalue weighted by Crippen LogP contribution is 2.29. The SMILES string of the molecule is CCOC(=O)C1=C(NCc2ccc(CC)cc2)C2C=C(F)C=CC2=NC1=O. The van der Waals surface area contributed by atoms with Gasteiger partial charge in [0, 0.05) is 12.2 Å². The second kappa shape index (κ2) is 8.12. The van der Waals surface area contributed by atoms with Crippen LogP contribution < -0.4 is 5.32 Å². The fourth-order valence-corrected chi connectivity index (χ4v) is 3.04. The molecule has 5 nitrogen and oxygen atoms in total. The summed E-state index contributed by atoms with van der Waals surface area (Å²) in [7, 11) is 0. The molecule has 1 unspecified atom stereocenters. The summed E-state index contributed by atoms with van der Waals surface area (Å²) in [4.78, 5) is 28.7. The fourth-order valence-electron chi connectivity index (χ4n) is 3.04. The molecular weight excluding hydrogens is 347 g/mol. The summed E-state index contributed by atoms with van der Waals surface area (Å²) in [6.45, 7) is 4.26. The van der Waals surface area contributed by atoms with Gasteiger partial charge in [0.05, 0.1) is 18.2 Å². The second-order valence-electron chi connectivity index (χ2n) is 6.24. The molecule has 0 aromatic heterocycles. The van der Waals surface area contributed by atoms with Crippen molar-refractivity contribution >= 4 is 17.6 Å². The van der Waals surface area contributed by atoms with Gasteiger partial charge >= 0.3 is 5.97 Å². The monoisotopic (exact) mass is 368 g/mol. The van der Waals surface area contributed by atoms with Gasteiger partial charge in [0.15, 0.2) is 0 Å². The third-order valence-electron chi connectivity index (χ3n) is 4.48. The number of dihydropyridines is 1. The Balaban J connectivity index is 1.93. The number of nitrogens with zero attached hydrogens (tertiary/aromatic N) is 1. The van der Waals surface area contributed by atoms with E-state index < -0.39 is 23.6 Å². The molecule has 1 aliphatic heterocycles. The van der Waals surface area contributed by atoms with Crippen LogP contribution in [0.25, 0.3) is 0 Å². The highest BCUT2D eigenvalue weighted by molar-refractivity contribution is 6.24. The van der Waals surface area contributed by atoms with Gasteiger partial charge in [0.1, 0.15) is 11.4 Å². The van der Waals surface area contributed by atoms with Crippen LogP contribution in [-0.4, -0.2) is 24.2 Å².